The molecule has 1 heterocycles. The minimum absolute atomic E-state index is 0.0701. The fourth-order valence-electron chi connectivity index (χ4n) is 1.80. The first-order valence-electron chi connectivity index (χ1n) is 6.65. The van der Waals surface area contributed by atoms with E-state index in [0.717, 1.165) is 12.1 Å². The van der Waals surface area contributed by atoms with Crippen molar-refractivity contribution >= 4 is 10.0 Å². The Morgan fingerprint density at radius 2 is 2.10 bits per heavy atom. The summed E-state index contributed by atoms with van der Waals surface area (Å²) < 4.78 is 28.5. The zero-order chi connectivity index (χ0) is 15.3. The van der Waals surface area contributed by atoms with Gasteiger partial charge in [-0.15, -0.1) is 0 Å². The van der Waals surface area contributed by atoms with E-state index in [1.54, 1.807) is 25.2 Å². The highest BCUT2D eigenvalue weighted by atomic mass is 32.2. The molecule has 0 aliphatic carbocycles. The molecule has 0 bridgehead atoms. The Hall–Kier alpha value is -1.77. The largest absolute Gasteiger partial charge is 0.313 e. The van der Waals surface area contributed by atoms with Crippen molar-refractivity contribution in [1.29, 1.82) is 0 Å². The highest BCUT2D eigenvalue weighted by Crippen LogP contribution is 2.11. The predicted molar refractivity (Wildman–Crippen MR) is 78.9 cm³/mol. The molecule has 0 atom stereocenters. The fourth-order valence-corrected chi connectivity index (χ4v) is 2.85. The van der Waals surface area contributed by atoms with Crippen LogP contribution >= 0.6 is 0 Å². The van der Waals surface area contributed by atoms with Crippen LogP contribution in [0.15, 0.2) is 35.5 Å². The summed E-state index contributed by atoms with van der Waals surface area (Å²) in [5.74, 6) is 0.435. The summed E-state index contributed by atoms with van der Waals surface area (Å²) >= 11 is 0. The summed E-state index contributed by atoms with van der Waals surface area (Å²) in [6.45, 7) is 3.55. The van der Waals surface area contributed by atoms with Crippen LogP contribution in [0.25, 0.3) is 0 Å². The van der Waals surface area contributed by atoms with Gasteiger partial charge in [0.25, 0.3) is 0 Å². The normalized spacial score (nSPS) is 11.7. The molecule has 0 unspecified atom stereocenters. The second kappa shape index (κ2) is 6.79. The number of hydrogen-bond acceptors (Lipinski definition) is 5. The van der Waals surface area contributed by atoms with Gasteiger partial charge in [-0.3, -0.25) is 4.68 Å². The Morgan fingerprint density at radius 3 is 2.76 bits per heavy atom. The molecule has 1 aromatic carbocycles. The first-order chi connectivity index (χ1) is 10.0. The Labute approximate surface area is 124 Å². The van der Waals surface area contributed by atoms with Gasteiger partial charge in [0.05, 0.1) is 11.4 Å². The third-order valence-corrected chi connectivity index (χ3v) is 4.25. The molecule has 1 aromatic heterocycles. The van der Waals surface area contributed by atoms with Crippen LogP contribution < -0.4 is 10.0 Å². The van der Waals surface area contributed by atoms with Crippen LogP contribution in [0.5, 0.6) is 0 Å². The third-order valence-electron chi connectivity index (χ3n) is 2.86. The minimum atomic E-state index is -3.56. The van der Waals surface area contributed by atoms with E-state index >= 15 is 0 Å². The molecule has 0 spiro atoms. The van der Waals surface area contributed by atoms with Crippen molar-refractivity contribution < 1.29 is 8.42 Å². The zero-order valence-electron chi connectivity index (χ0n) is 12.1. The Bertz CT molecular complexity index is 696. The van der Waals surface area contributed by atoms with Crippen molar-refractivity contribution in [3.05, 3.63) is 42.0 Å². The van der Waals surface area contributed by atoms with Crippen LogP contribution in [0, 0.1) is 0 Å². The van der Waals surface area contributed by atoms with Gasteiger partial charge in [-0.25, -0.2) is 18.1 Å². The summed E-state index contributed by atoms with van der Waals surface area (Å²) in [5, 5.41) is 7.20. The Balaban J connectivity index is 2.08. The van der Waals surface area contributed by atoms with Crippen LogP contribution in [-0.2, 0) is 30.2 Å². The maximum absolute atomic E-state index is 12.2. The van der Waals surface area contributed by atoms with Gasteiger partial charge in [-0.1, -0.05) is 19.1 Å². The van der Waals surface area contributed by atoms with E-state index in [-0.39, 0.29) is 11.4 Å². The number of aromatic nitrogens is 3. The average molecular weight is 309 g/mol. The molecule has 21 heavy (non-hydrogen) atoms. The first-order valence-corrected chi connectivity index (χ1v) is 8.13. The van der Waals surface area contributed by atoms with Crippen LogP contribution in [-0.4, -0.2) is 29.7 Å². The molecule has 7 nitrogen and oxygen atoms in total. The highest BCUT2D eigenvalue weighted by Gasteiger charge is 2.15. The second-order valence-corrected chi connectivity index (χ2v) is 6.35. The third kappa shape index (κ3) is 4.35. The summed E-state index contributed by atoms with van der Waals surface area (Å²) in [5.41, 5.74) is 0.927. The molecule has 2 rings (SSSR count). The van der Waals surface area contributed by atoms with E-state index in [1.165, 1.54) is 11.0 Å². The standard InChI is InChI=1S/C13H19N5O2S/c1-3-14-8-11-5-4-6-12(7-11)21(19,20)16-9-13-15-10-18(2)17-13/h4-7,10,14,16H,3,8-9H2,1-2H3. The van der Waals surface area contributed by atoms with Gasteiger partial charge in [0.15, 0.2) is 5.82 Å². The fraction of sp³-hybridized carbons (Fsp3) is 0.385. The van der Waals surface area contributed by atoms with Crippen molar-refractivity contribution in [3.63, 3.8) is 0 Å². The van der Waals surface area contributed by atoms with Crippen molar-refractivity contribution in [3.8, 4) is 0 Å². The lowest BCUT2D eigenvalue weighted by atomic mass is 10.2. The molecule has 114 valence electrons. The van der Waals surface area contributed by atoms with E-state index in [2.05, 4.69) is 20.1 Å². The van der Waals surface area contributed by atoms with E-state index in [0.29, 0.717) is 12.4 Å². The van der Waals surface area contributed by atoms with E-state index in [9.17, 15) is 8.42 Å². The number of rotatable bonds is 7. The molecular weight excluding hydrogens is 290 g/mol. The van der Waals surface area contributed by atoms with Crippen molar-refractivity contribution in [2.75, 3.05) is 6.54 Å². The monoisotopic (exact) mass is 309 g/mol. The molecule has 2 aromatic rings. The lowest BCUT2D eigenvalue weighted by molar-refractivity contribution is 0.578. The molecule has 0 amide bonds. The molecule has 0 saturated carbocycles. The molecule has 2 N–H and O–H groups in total. The van der Waals surface area contributed by atoms with E-state index in [1.807, 2.05) is 13.0 Å². The molecule has 0 aliphatic rings. The van der Waals surface area contributed by atoms with Crippen LogP contribution in [0.1, 0.15) is 18.3 Å². The highest BCUT2D eigenvalue weighted by molar-refractivity contribution is 7.89. The number of nitrogens with zero attached hydrogens (tertiary/aromatic N) is 3. The summed E-state index contributed by atoms with van der Waals surface area (Å²) in [6.07, 6.45) is 1.53. The minimum Gasteiger partial charge on any atom is -0.313 e. The van der Waals surface area contributed by atoms with Gasteiger partial charge < -0.3 is 5.32 Å². The van der Waals surface area contributed by atoms with Gasteiger partial charge in [0.2, 0.25) is 10.0 Å². The first kappa shape index (κ1) is 15.6. The SMILES string of the molecule is CCNCc1cccc(S(=O)(=O)NCc2ncn(C)n2)c1. The van der Waals surface area contributed by atoms with Crippen molar-refractivity contribution in [2.24, 2.45) is 7.05 Å². The van der Waals surface area contributed by atoms with Gasteiger partial charge in [-0.05, 0) is 24.2 Å². The molecule has 0 fully saturated rings. The van der Waals surface area contributed by atoms with Crippen LogP contribution in [0.4, 0.5) is 0 Å². The number of sulfonamides is 1. The molecule has 0 radical (unpaired) electrons. The summed E-state index contributed by atoms with van der Waals surface area (Å²) in [6, 6.07) is 6.86. The number of nitrogens with one attached hydrogen (secondary N) is 2. The molecule has 8 heteroatoms. The summed E-state index contributed by atoms with van der Waals surface area (Å²) in [7, 11) is -1.83. The summed E-state index contributed by atoms with van der Waals surface area (Å²) in [4.78, 5) is 4.23. The maximum atomic E-state index is 12.2. The van der Waals surface area contributed by atoms with Gasteiger partial charge in [-0.2, -0.15) is 5.10 Å². The second-order valence-electron chi connectivity index (χ2n) is 4.59. The Kier molecular flexibility index (Phi) is 5.05. The number of hydrogen-bond donors (Lipinski definition) is 2. The van der Waals surface area contributed by atoms with Gasteiger partial charge in [0.1, 0.15) is 6.33 Å². The number of benzene rings is 1. The van der Waals surface area contributed by atoms with Crippen LogP contribution in [0.3, 0.4) is 0 Å². The van der Waals surface area contributed by atoms with Crippen molar-refractivity contribution in [1.82, 2.24) is 24.8 Å². The quantitative estimate of drug-likeness (QED) is 0.773. The van der Waals surface area contributed by atoms with E-state index < -0.39 is 10.0 Å². The van der Waals surface area contributed by atoms with Crippen LogP contribution in [0.2, 0.25) is 0 Å². The molecule has 0 aliphatic heterocycles. The predicted octanol–water partition coefficient (Wildman–Crippen LogP) is 0.403. The van der Waals surface area contributed by atoms with E-state index in [4.69, 9.17) is 0 Å². The topological polar surface area (TPSA) is 88.9 Å². The average Bonchev–Trinajstić information content (AvgIpc) is 2.89. The Morgan fingerprint density at radius 1 is 1.29 bits per heavy atom. The lowest BCUT2D eigenvalue weighted by Crippen LogP contribution is -2.24. The van der Waals surface area contributed by atoms with Gasteiger partial charge >= 0.3 is 0 Å². The smallest absolute Gasteiger partial charge is 0.240 e. The lowest BCUT2D eigenvalue weighted by Gasteiger charge is -2.07. The molecular formula is C13H19N5O2S. The molecule has 0 saturated heterocycles. The number of aryl methyl sites for hydroxylation is 1. The van der Waals surface area contributed by atoms with Gasteiger partial charge in [0, 0.05) is 13.6 Å². The van der Waals surface area contributed by atoms with Crippen molar-refractivity contribution in [2.45, 2.75) is 24.9 Å². The zero-order valence-corrected chi connectivity index (χ0v) is 12.9. The maximum Gasteiger partial charge on any atom is 0.240 e.